The zero-order chi connectivity index (χ0) is 19.1. The van der Waals surface area contributed by atoms with Crippen molar-refractivity contribution < 1.29 is 23.1 Å². The van der Waals surface area contributed by atoms with Gasteiger partial charge >= 0.3 is 5.97 Å². The third kappa shape index (κ3) is 3.08. The summed E-state index contributed by atoms with van der Waals surface area (Å²) in [7, 11) is -0.599. The molecule has 1 amide bonds. The van der Waals surface area contributed by atoms with Crippen LogP contribution in [0.25, 0.3) is 0 Å². The van der Waals surface area contributed by atoms with Crippen LogP contribution in [0, 0.1) is 0 Å². The molecule has 0 aliphatic carbocycles. The number of amides is 1. The Morgan fingerprint density at radius 2 is 1.73 bits per heavy atom. The largest absolute Gasteiger partial charge is 0.477 e. The molecule has 0 atom stereocenters. The molecule has 3 rings (SSSR count). The van der Waals surface area contributed by atoms with Gasteiger partial charge in [0.25, 0.3) is 5.91 Å². The molecule has 0 radical (unpaired) electrons. The fourth-order valence-electron chi connectivity index (χ4n) is 2.83. The Morgan fingerprint density at radius 1 is 1.08 bits per heavy atom. The van der Waals surface area contributed by atoms with Crippen molar-refractivity contribution in [3.63, 3.8) is 0 Å². The number of piperazine rings is 1. The third-order valence-corrected chi connectivity index (χ3v) is 6.07. The number of carbonyl (C=O) groups excluding carboxylic acids is 1. The number of hydrogen-bond donors (Lipinski definition) is 1. The molecular weight excluding hydrogens is 364 g/mol. The maximum absolute atomic E-state index is 12.6. The lowest BCUT2D eigenvalue weighted by Crippen LogP contribution is -2.50. The highest BCUT2D eigenvalue weighted by atomic mass is 32.2. The van der Waals surface area contributed by atoms with Crippen molar-refractivity contribution in [1.29, 1.82) is 0 Å². The second kappa shape index (κ2) is 6.53. The number of rotatable bonds is 4. The zero-order valence-corrected chi connectivity index (χ0v) is 15.0. The molecule has 0 spiro atoms. The van der Waals surface area contributed by atoms with Gasteiger partial charge in [-0.1, -0.05) is 0 Å². The van der Waals surface area contributed by atoms with E-state index in [1.54, 1.807) is 7.05 Å². The van der Waals surface area contributed by atoms with Gasteiger partial charge in [-0.25, -0.2) is 13.2 Å². The maximum Gasteiger partial charge on any atom is 0.354 e. The van der Waals surface area contributed by atoms with E-state index in [-0.39, 0.29) is 42.3 Å². The summed E-state index contributed by atoms with van der Waals surface area (Å²) < 4.78 is 29.0. The zero-order valence-electron chi connectivity index (χ0n) is 14.2. The first-order valence-corrected chi connectivity index (χ1v) is 9.19. The van der Waals surface area contributed by atoms with Crippen LogP contribution < -0.4 is 0 Å². The second-order valence-corrected chi connectivity index (χ2v) is 7.82. The first-order chi connectivity index (χ1) is 12.2. The molecule has 1 N–H and O–H groups in total. The molecule has 1 aliphatic rings. The van der Waals surface area contributed by atoms with E-state index >= 15 is 0 Å². The Labute approximate surface area is 149 Å². The van der Waals surface area contributed by atoms with E-state index < -0.39 is 21.9 Å². The Kier molecular flexibility index (Phi) is 4.54. The van der Waals surface area contributed by atoms with E-state index in [9.17, 15) is 23.1 Å². The lowest BCUT2D eigenvalue weighted by molar-refractivity contribution is 0.0648. The van der Waals surface area contributed by atoms with Crippen molar-refractivity contribution in [1.82, 2.24) is 28.8 Å². The highest BCUT2D eigenvalue weighted by Crippen LogP contribution is 2.18. The SMILES string of the molecule is Cn1cc(S(=O)(=O)N2CCN(C(=O)c3cnn(C)c3C(=O)O)CC2)cn1. The van der Waals surface area contributed by atoms with Crippen molar-refractivity contribution >= 4 is 21.9 Å². The van der Waals surface area contributed by atoms with Crippen LogP contribution >= 0.6 is 0 Å². The topological polar surface area (TPSA) is 131 Å². The van der Waals surface area contributed by atoms with E-state index in [1.165, 1.54) is 39.5 Å². The number of hydrogen-bond acceptors (Lipinski definition) is 6. The van der Waals surface area contributed by atoms with E-state index in [0.717, 1.165) is 4.68 Å². The summed E-state index contributed by atoms with van der Waals surface area (Å²) in [5.41, 5.74) is -0.205. The standard InChI is InChI=1S/C14H18N6O5S/c1-17-9-10(7-15-17)26(24,25)20-5-3-19(4-6-20)13(21)11-8-16-18(2)12(11)14(22)23/h7-9H,3-6H2,1-2H3,(H,22,23). The van der Waals surface area contributed by atoms with Crippen LogP contribution in [0.15, 0.2) is 23.5 Å². The van der Waals surface area contributed by atoms with Crippen LogP contribution in [-0.2, 0) is 24.1 Å². The van der Waals surface area contributed by atoms with Gasteiger partial charge < -0.3 is 10.0 Å². The lowest BCUT2D eigenvalue weighted by Gasteiger charge is -2.33. The molecule has 26 heavy (non-hydrogen) atoms. The van der Waals surface area contributed by atoms with Gasteiger partial charge in [0, 0.05) is 46.5 Å². The van der Waals surface area contributed by atoms with Crippen LogP contribution in [0.4, 0.5) is 0 Å². The molecule has 0 saturated carbocycles. The van der Waals surface area contributed by atoms with Gasteiger partial charge in [-0.3, -0.25) is 14.2 Å². The number of carboxylic acids is 1. The first kappa shape index (κ1) is 18.1. The summed E-state index contributed by atoms with van der Waals surface area (Å²) in [6.07, 6.45) is 3.91. The van der Waals surface area contributed by atoms with Gasteiger partial charge in [0.1, 0.15) is 4.90 Å². The number of carboxylic acid groups (broad SMARTS) is 1. The van der Waals surface area contributed by atoms with Gasteiger partial charge in [-0.2, -0.15) is 14.5 Å². The Balaban J connectivity index is 1.73. The van der Waals surface area contributed by atoms with Crippen molar-refractivity contribution in [2.45, 2.75) is 4.90 Å². The van der Waals surface area contributed by atoms with E-state index in [0.29, 0.717) is 0 Å². The van der Waals surface area contributed by atoms with Crippen molar-refractivity contribution in [3.05, 3.63) is 29.8 Å². The average molecular weight is 382 g/mol. The number of sulfonamides is 1. The molecule has 1 fully saturated rings. The van der Waals surface area contributed by atoms with Crippen LogP contribution in [-0.4, -0.2) is 80.3 Å². The van der Waals surface area contributed by atoms with Crippen molar-refractivity contribution in [2.24, 2.45) is 14.1 Å². The molecule has 0 aromatic carbocycles. The van der Waals surface area contributed by atoms with Gasteiger partial charge in [0.2, 0.25) is 10.0 Å². The fourth-order valence-corrected chi connectivity index (χ4v) is 4.24. The highest BCUT2D eigenvalue weighted by molar-refractivity contribution is 7.89. The minimum absolute atomic E-state index is 0.0106. The smallest absolute Gasteiger partial charge is 0.354 e. The van der Waals surface area contributed by atoms with Crippen LogP contribution in [0.5, 0.6) is 0 Å². The predicted octanol–water partition coefficient (Wildman–Crippen LogP) is -1.00. The summed E-state index contributed by atoms with van der Waals surface area (Å²) in [5.74, 6) is -1.72. The molecule has 1 saturated heterocycles. The molecule has 11 nitrogen and oxygen atoms in total. The van der Waals surface area contributed by atoms with E-state index in [2.05, 4.69) is 10.2 Å². The summed E-state index contributed by atoms with van der Waals surface area (Å²) >= 11 is 0. The van der Waals surface area contributed by atoms with Gasteiger partial charge in [-0.15, -0.1) is 0 Å². The fraction of sp³-hybridized carbons (Fsp3) is 0.429. The molecular formula is C14H18N6O5S. The second-order valence-electron chi connectivity index (χ2n) is 5.88. The third-order valence-electron chi connectivity index (χ3n) is 4.22. The number of nitrogens with zero attached hydrogens (tertiary/aromatic N) is 6. The highest BCUT2D eigenvalue weighted by Gasteiger charge is 2.33. The Morgan fingerprint density at radius 3 is 2.27 bits per heavy atom. The number of aromatic carboxylic acids is 1. The minimum atomic E-state index is -3.67. The molecule has 0 bridgehead atoms. The Bertz CT molecular complexity index is 954. The summed E-state index contributed by atoms with van der Waals surface area (Å²) in [6.45, 7) is 0.551. The molecule has 2 aromatic heterocycles. The average Bonchev–Trinajstić information content (AvgIpc) is 3.20. The van der Waals surface area contributed by atoms with E-state index in [1.807, 2.05) is 0 Å². The molecule has 2 aromatic rings. The minimum Gasteiger partial charge on any atom is -0.477 e. The molecule has 12 heteroatoms. The number of aromatic nitrogens is 4. The quantitative estimate of drug-likeness (QED) is 0.717. The molecule has 1 aliphatic heterocycles. The predicted molar refractivity (Wildman–Crippen MR) is 88.0 cm³/mol. The number of aryl methyl sites for hydroxylation is 2. The maximum atomic E-state index is 12.6. The van der Waals surface area contributed by atoms with E-state index in [4.69, 9.17) is 0 Å². The molecule has 140 valence electrons. The van der Waals surface area contributed by atoms with Crippen LogP contribution in [0.1, 0.15) is 20.8 Å². The summed E-state index contributed by atoms with van der Waals surface area (Å²) in [5, 5.41) is 16.9. The van der Waals surface area contributed by atoms with Crippen molar-refractivity contribution in [2.75, 3.05) is 26.2 Å². The lowest BCUT2D eigenvalue weighted by atomic mass is 10.2. The van der Waals surface area contributed by atoms with Crippen LogP contribution in [0.3, 0.4) is 0 Å². The monoisotopic (exact) mass is 382 g/mol. The first-order valence-electron chi connectivity index (χ1n) is 7.75. The van der Waals surface area contributed by atoms with Gasteiger partial charge in [0.15, 0.2) is 5.69 Å². The van der Waals surface area contributed by atoms with Crippen LogP contribution in [0.2, 0.25) is 0 Å². The molecule has 3 heterocycles. The van der Waals surface area contributed by atoms with Gasteiger partial charge in [0.05, 0.1) is 18.0 Å². The van der Waals surface area contributed by atoms with Crippen molar-refractivity contribution in [3.8, 4) is 0 Å². The normalized spacial score (nSPS) is 16.0. The summed E-state index contributed by atoms with van der Waals surface area (Å²) in [6, 6.07) is 0. The van der Waals surface area contributed by atoms with Gasteiger partial charge in [-0.05, 0) is 0 Å². The number of carbonyl (C=O) groups is 2. The summed E-state index contributed by atoms with van der Waals surface area (Å²) in [4.78, 5) is 25.4. The Hall–Kier alpha value is -2.73. The molecule has 0 unspecified atom stereocenters.